The number of carbonyl (C=O) groups excluding carboxylic acids is 3. The number of amides is 3. The minimum atomic E-state index is -0.604. The highest BCUT2D eigenvalue weighted by Gasteiger charge is 2.52. The molecule has 8 heteroatoms. The van der Waals surface area contributed by atoms with Crippen LogP contribution in [0, 0.1) is 5.41 Å². The van der Waals surface area contributed by atoms with E-state index in [1.807, 2.05) is 75.4 Å². The number of carbonyl (C=O) groups is 3. The monoisotopic (exact) mass is 521 g/mol. The molecule has 1 spiro atoms. The van der Waals surface area contributed by atoms with E-state index in [1.54, 1.807) is 7.11 Å². The number of hydrogen-bond acceptors (Lipinski definition) is 6. The number of methoxy groups -OCH3 is 1. The quantitative estimate of drug-likeness (QED) is 0.507. The molecule has 2 saturated heterocycles. The zero-order valence-electron chi connectivity index (χ0n) is 22.9. The number of nitrogens with one attached hydrogen (secondary N) is 1. The number of imide groups is 1. The first kappa shape index (κ1) is 27.6. The Labute approximate surface area is 225 Å². The van der Waals surface area contributed by atoms with E-state index in [0.29, 0.717) is 25.8 Å². The maximum Gasteiger partial charge on any atom is 0.408 e. The van der Waals surface area contributed by atoms with Crippen LogP contribution in [-0.2, 0) is 20.9 Å². The number of nitrogens with zero attached hydrogens (tertiary/aromatic N) is 2. The van der Waals surface area contributed by atoms with Crippen LogP contribution in [0.4, 0.5) is 4.79 Å². The van der Waals surface area contributed by atoms with Gasteiger partial charge in [0, 0.05) is 13.0 Å². The highest BCUT2D eigenvalue weighted by molar-refractivity contribution is 6.05. The number of piperidine rings is 1. The van der Waals surface area contributed by atoms with E-state index in [-0.39, 0.29) is 24.3 Å². The standard InChI is InChI=1S/C30H39N3O5/c1-29(2,3)38-28(36)31-25(23-8-6-5-7-9-23)14-17-32-18-15-30(16-19-32)20-26(34)33(27(30)35)21-22-10-12-24(37-4)13-11-22/h5-13,25H,14-21H2,1-4H3,(H,31,36)/t25-/m0/s1. The first-order chi connectivity index (χ1) is 18.1. The molecular weight excluding hydrogens is 482 g/mol. The third-order valence-corrected chi connectivity index (χ3v) is 7.43. The number of benzene rings is 2. The van der Waals surface area contributed by atoms with Crippen LogP contribution in [-0.4, -0.2) is 60.1 Å². The molecule has 2 fully saturated rings. The third kappa shape index (κ3) is 6.72. The molecule has 0 radical (unpaired) electrons. The summed E-state index contributed by atoms with van der Waals surface area (Å²) in [5.41, 5.74) is 0.760. The second-order valence-corrected chi connectivity index (χ2v) is 11.3. The van der Waals surface area contributed by atoms with Crippen LogP contribution in [0.1, 0.15) is 63.6 Å². The zero-order chi connectivity index (χ0) is 27.3. The molecule has 3 amide bonds. The molecule has 0 saturated carbocycles. The van der Waals surface area contributed by atoms with Gasteiger partial charge in [-0.05, 0) is 76.4 Å². The highest BCUT2D eigenvalue weighted by atomic mass is 16.6. The van der Waals surface area contributed by atoms with Crippen molar-refractivity contribution < 1.29 is 23.9 Å². The molecule has 2 aliphatic rings. The lowest BCUT2D eigenvalue weighted by atomic mass is 9.77. The van der Waals surface area contributed by atoms with Gasteiger partial charge in [-0.2, -0.15) is 0 Å². The maximum absolute atomic E-state index is 13.4. The lowest BCUT2D eigenvalue weighted by Gasteiger charge is -2.38. The summed E-state index contributed by atoms with van der Waals surface area (Å²) in [4.78, 5) is 42.5. The predicted octanol–water partition coefficient (Wildman–Crippen LogP) is 4.69. The normalized spacial score (nSPS) is 18.5. The molecule has 0 unspecified atom stereocenters. The van der Waals surface area contributed by atoms with Crippen molar-refractivity contribution in [2.45, 2.75) is 64.6 Å². The smallest absolute Gasteiger partial charge is 0.408 e. The highest BCUT2D eigenvalue weighted by Crippen LogP contribution is 2.43. The lowest BCUT2D eigenvalue weighted by Crippen LogP contribution is -2.45. The molecular formula is C30H39N3O5. The number of hydrogen-bond donors (Lipinski definition) is 1. The van der Waals surface area contributed by atoms with E-state index < -0.39 is 17.1 Å². The van der Waals surface area contributed by atoms with Crippen LogP contribution < -0.4 is 10.1 Å². The van der Waals surface area contributed by atoms with Crippen molar-refractivity contribution in [1.82, 2.24) is 15.1 Å². The summed E-state index contributed by atoms with van der Waals surface area (Å²) in [6.07, 6.45) is 1.88. The van der Waals surface area contributed by atoms with Crippen LogP contribution in [0.25, 0.3) is 0 Å². The largest absolute Gasteiger partial charge is 0.497 e. The Hall–Kier alpha value is -3.39. The van der Waals surface area contributed by atoms with Gasteiger partial charge in [-0.1, -0.05) is 42.5 Å². The van der Waals surface area contributed by atoms with Crippen LogP contribution in [0.15, 0.2) is 54.6 Å². The van der Waals surface area contributed by atoms with Gasteiger partial charge < -0.3 is 19.7 Å². The third-order valence-electron chi connectivity index (χ3n) is 7.43. The van der Waals surface area contributed by atoms with Crippen LogP contribution in [0.2, 0.25) is 0 Å². The molecule has 38 heavy (non-hydrogen) atoms. The van der Waals surface area contributed by atoms with Gasteiger partial charge in [0.25, 0.3) is 0 Å². The van der Waals surface area contributed by atoms with Crippen molar-refractivity contribution in [3.8, 4) is 5.75 Å². The molecule has 2 heterocycles. The predicted molar refractivity (Wildman–Crippen MR) is 144 cm³/mol. The van der Waals surface area contributed by atoms with E-state index in [1.165, 1.54) is 4.90 Å². The van der Waals surface area contributed by atoms with Gasteiger partial charge in [0.15, 0.2) is 0 Å². The summed E-state index contributed by atoms with van der Waals surface area (Å²) in [5, 5.41) is 3.03. The van der Waals surface area contributed by atoms with Crippen LogP contribution >= 0.6 is 0 Å². The molecule has 1 atom stereocenters. The lowest BCUT2D eigenvalue weighted by molar-refractivity contribution is -0.143. The minimum absolute atomic E-state index is 0.0493. The number of likely N-dealkylation sites (tertiary alicyclic amines) is 2. The van der Waals surface area contributed by atoms with Gasteiger partial charge in [-0.15, -0.1) is 0 Å². The summed E-state index contributed by atoms with van der Waals surface area (Å²) in [7, 11) is 1.61. The summed E-state index contributed by atoms with van der Waals surface area (Å²) < 4.78 is 10.7. The molecule has 0 aliphatic carbocycles. The van der Waals surface area contributed by atoms with Crippen LogP contribution in [0.5, 0.6) is 5.75 Å². The molecule has 4 rings (SSSR count). The molecule has 8 nitrogen and oxygen atoms in total. The Morgan fingerprint density at radius 3 is 2.29 bits per heavy atom. The number of alkyl carbamates (subject to hydrolysis) is 1. The van der Waals surface area contributed by atoms with Crippen molar-refractivity contribution >= 4 is 17.9 Å². The minimum Gasteiger partial charge on any atom is -0.497 e. The van der Waals surface area contributed by atoms with Crippen molar-refractivity contribution in [3.63, 3.8) is 0 Å². The molecule has 1 N–H and O–H groups in total. The van der Waals surface area contributed by atoms with E-state index >= 15 is 0 Å². The molecule has 0 bridgehead atoms. The summed E-state index contributed by atoms with van der Waals surface area (Å²) in [6, 6.07) is 17.2. The average molecular weight is 522 g/mol. The Balaban J connectivity index is 1.33. The first-order valence-corrected chi connectivity index (χ1v) is 13.3. The fourth-order valence-corrected chi connectivity index (χ4v) is 5.30. The molecule has 2 aromatic carbocycles. The van der Waals surface area contributed by atoms with E-state index in [2.05, 4.69) is 10.2 Å². The topological polar surface area (TPSA) is 88.2 Å². The molecule has 2 aromatic rings. The fourth-order valence-electron chi connectivity index (χ4n) is 5.30. The first-order valence-electron chi connectivity index (χ1n) is 13.3. The summed E-state index contributed by atoms with van der Waals surface area (Å²) in [5.74, 6) is 0.601. The van der Waals surface area contributed by atoms with Gasteiger partial charge in [-0.25, -0.2) is 4.79 Å². The Morgan fingerprint density at radius 1 is 1.03 bits per heavy atom. The molecule has 2 aliphatic heterocycles. The Bertz CT molecular complexity index is 1120. The maximum atomic E-state index is 13.4. The second-order valence-electron chi connectivity index (χ2n) is 11.3. The zero-order valence-corrected chi connectivity index (χ0v) is 22.9. The summed E-state index contributed by atoms with van der Waals surface area (Å²) in [6.45, 7) is 8.08. The Kier molecular flexibility index (Phi) is 8.41. The van der Waals surface area contributed by atoms with Crippen molar-refractivity contribution in [3.05, 3.63) is 65.7 Å². The fraction of sp³-hybridized carbons (Fsp3) is 0.500. The Morgan fingerprint density at radius 2 is 1.68 bits per heavy atom. The van der Waals surface area contributed by atoms with E-state index in [4.69, 9.17) is 9.47 Å². The van der Waals surface area contributed by atoms with Gasteiger partial charge in [0.1, 0.15) is 11.4 Å². The summed E-state index contributed by atoms with van der Waals surface area (Å²) >= 11 is 0. The van der Waals surface area contributed by atoms with Crippen LogP contribution in [0.3, 0.4) is 0 Å². The van der Waals surface area contributed by atoms with Crippen molar-refractivity contribution in [1.29, 1.82) is 0 Å². The molecule has 204 valence electrons. The second kappa shape index (κ2) is 11.6. The van der Waals surface area contributed by atoms with Crippen molar-refractivity contribution in [2.75, 3.05) is 26.7 Å². The van der Waals surface area contributed by atoms with Gasteiger partial charge in [0.2, 0.25) is 11.8 Å². The SMILES string of the molecule is COc1ccc(CN2C(=O)CC3(CCN(CC[C@H](NC(=O)OC(C)(C)C)c4ccccc4)CC3)C2=O)cc1. The number of rotatable bonds is 8. The average Bonchev–Trinajstić information content (AvgIpc) is 3.11. The number of ether oxygens (including phenoxy) is 2. The van der Waals surface area contributed by atoms with E-state index in [0.717, 1.165) is 36.5 Å². The van der Waals surface area contributed by atoms with Crippen molar-refractivity contribution in [2.24, 2.45) is 5.41 Å². The molecule has 0 aromatic heterocycles. The van der Waals surface area contributed by atoms with Gasteiger partial charge in [0.05, 0.1) is 25.1 Å². The van der Waals surface area contributed by atoms with Gasteiger partial charge >= 0.3 is 6.09 Å². The van der Waals surface area contributed by atoms with Gasteiger partial charge in [-0.3, -0.25) is 14.5 Å². The van der Waals surface area contributed by atoms with E-state index in [9.17, 15) is 14.4 Å².